The van der Waals surface area contributed by atoms with Crippen LogP contribution in [0.2, 0.25) is 0 Å². The molecule has 0 aliphatic rings. The molecular formula is C15H16BrFN2. The number of aryl methyl sites for hydroxylation is 1. The third-order valence-electron chi connectivity index (χ3n) is 2.75. The molecule has 0 unspecified atom stereocenters. The van der Waals surface area contributed by atoms with Crippen molar-refractivity contribution in [3.05, 3.63) is 63.6 Å². The van der Waals surface area contributed by atoms with Crippen LogP contribution in [-0.4, -0.2) is 16.9 Å². The number of benzene rings is 1. The van der Waals surface area contributed by atoms with Crippen molar-refractivity contribution >= 4 is 15.9 Å². The molecule has 1 aromatic heterocycles. The molecule has 2 aromatic rings. The Morgan fingerprint density at radius 3 is 2.68 bits per heavy atom. The van der Waals surface area contributed by atoms with E-state index in [1.165, 1.54) is 6.07 Å². The summed E-state index contributed by atoms with van der Waals surface area (Å²) in [5.41, 5.74) is 2.99. The van der Waals surface area contributed by atoms with Gasteiger partial charge in [0.1, 0.15) is 5.82 Å². The predicted molar refractivity (Wildman–Crippen MR) is 78.2 cm³/mol. The first-order chi connectivity index (χ1) is 9.02. The first-order valence-electron chi connectivity index (χ1n) is 6.09. The van der Waals surface area contributed by atoms with Crippen LogP contribution in [0, 0.1) is 12.7 Å². The second-order valence-electron chi connectivity index (χ2n) is 4.72. The number of halogens is 2. The standard InChI is InChI=1S/C15H16BrFN2/c1-11-4-3-5-15(18-11)10-19(2)9-12-6-13(16)8-14(17)7-12/h3-8H,9-10H2,1-2H3. The van der Waals surface area contributed by atoms with Crippen molar-refractivity contribution in [2.24, 2.45) is 0 Å². The van der Waals surface area contributed by atoms with E-state index in [0.29, 0.717) is 6.54 Å². The Morgan fingerprint density at radius 1 is 1.21 bits per heavy atom. The van der Waals surface area contributed by atoms with E-state index in [0.717, 1.165) is 28.0 Å². The Hall–Kier alpha value is -1.26. The van der Waals surface area contributed by atoms with Crippen molar-refractivity contribution in [3.63, 3.8) is 0 Å². The maximum absolute atomic E-state index is 13.3. The smallest absolute Gasteiger partial charge is 0.124 e. The summed E-state index contributed by atoms with van der Waals surface area (Å²) in [6.07, 6.45) is 0. The van der Waals surface area contributed by atoms with E-state index in [4.69, 9.17) is 0 Å². The lowest BCUT2D eigenvalue weighted by atomic mass is 10.2. The zero-order valence-electron chi connectivity index (χ0n) is 11.0. The average Bonchev–Trinajstić information content (AvgIpc) is 2.26. The molecule has 0 saturated carbocycles. The van der Waals surface area contributed by atoms with E-state index < -0.39 is 0 Å². The molecule has 4 heteroatoms. The largest absolute Gasteiger partial charge is 0.296 e. The third-order valence-corrected chi connectivity index (χ3v) is 3.21. The molecule has 0 amide bonds. The number of rotatable bonds is 4. The van der Waals surface area contributed by atoms with Crippen LogP contribution in [0.15, 0.2) is 40.9 Å². The number of hydrogen-bond donors (Lipinski definition) is 0. The molecule has 0 aliphatic heterocycles. The second kappa shape index (κ2) is 6.26. The summed E-state index contributed by atoms with van der Waals surface area (Å²) in [6.45, 7) is 3.41. The zero-order valence-corrected chi connectivity index (χ0v) is 12.6. The van der Waals surface area contributed by atoms with Gasteiger partial charge < -0.3 is 0 Å². The van der Waals surface area contributed by atoms with Gasteiger partial charge in [0.2, 0.25) is 0 Å². The maximum Gasteiger partial charge on any atom is 0.124 e. The average molecular weight is 323 g/mol. The summed E-state index contributed by atoms with van der Waals surface area (Å²) in [7, 11) is 2.00. The number of aromatic nitrogens is 1. The fourth-order valence-corrected chi connectivity index (χ4v) is 2.55. The van der Waals surface area contributed by atoms with Crippen molar-refractivity contribution in [2.75, 3.05) is 7.05 Å². The first-order valence-corrected chi connectivity index (χ1v) is 6.88. The fourth-order valence-electron chi connectivity index (χ4n) is 2.03. The van der Waals surface area contributed by atoms with Crippen molar-refractivity contribution in [1.82, 2.24) is 9.88 Å². The molecule has 0 radical (unpaired) electrons. The van der Waals surface area contributed by atoms with Crippen LogP contribution in [0.5, 0.6) is 0 Å². The Kier molecular flexibility index (Phi) is 4.66. The lowest BCUT2D eigenvalue weighted by Crippen LogP contribution is -2.18. The van der Waals surface area contributed by atoms with Gasteiger partial charge in [-0.25, -0.2) is 4.39 Å². The SMILES string of the molecule is Cc1cccc(CN(C)Cc2cc(F)cc(Br)c2)n1. The Labute approximate surface area is 121 Å². The molecular weight excluding hydrogens is 307 g/mol. The minimum absolute atomic E-state index is 0.216. The molecule has 2 nitrogen and oxygen atoms in total. The highest BCUT2D eigenvalue weighted by molar-refractivity contribution is 9.10. The van der Waals surface area contributed by atoms with Crippen LogP contribution in [0.4, 0.5) is 4.39 Å². The van der Waals surface area contributed by atoms with Crippen LogP contribution >= 0.6 is 15.9 Å². The van der Waals surface area contributed by atoms with Gasteiger partial charge in [-0.05, 0) is 49.9 Å². The molecule has 0 aliphatic carbocycles. The van der Waals surface area contributed by atoms with Gasteiger partial charge in [-0.3, -0.25) is 9.88 Å². The zero-order chi connectivity index (χ0) is 13.8. The van der Waals surface area contributed by atoms with Gasteiger partial charge in [0.05, 0.1) is 5.69 Å². The highest BCUT2D eigenvalue weighted by Crippen LogP contribution is 2.16. The third kappa shape index (κ3) is 4.40. The van der Waals surface area contributed by atoms with Crippen molar-refractivity contribution in [2.45, 2.75) is 20.0 Å². The van der Waals surface area contributed by atoms with Gasteiger partial charge in [0.15, 0.2) is 0 Å². The second-order valence-corrected chi connectivity index (χ2v) is 5.64. The molecule has 0 atom stereocenters. The first kappa shape index (κ1) is 14.2. The van der Waals surface area contributed by atoms with E-state index in [1.54, 1.807) is 6.07 Å². The van der Waals surface area contributed by atoms with Crippen LogP contribution < -0.4 is 0 Å². The number of hydrogen-bond acceptors (Lipinski definition) is 2. The van der Waals surface area contributed by atoms with Gasteiger partial charge in [-0.1, -0.05) is 22.0 Å². The molecule has 2 rings (SSSR count). The lowest BCUT2D eigenvalue weighted by molar-refractivity contribution is 0.314. The van der Waals surface area contributed by atoms with Gasteiger partial charge in [0.25, 0.3) is 0 Å². The Balaban J connectivity index is 2.03. The van der Waals surface area contributed by atoms with Crippen molar-refractivity contribution in [1.29, 1.82) is 0 Å². The van der Waals surface area contributed by atoms with Gasteiger partial charge in [-0.15, -0.1) is 0 Å². The fraction of sp³-hybridized carbons (Fsp3) is 0.267. The van der Waals surface area contributed by atoms with Crippen LogP contribution in [0.25, 0.3) is 0 Å². The minimum atomic E-state index is -0.216. The summed E-state index contributed by atoms with van der Waals surface area (Å²) in [4.78, 5) is 6.58. The van der Waals surface area contributed by atoms with Gasteiger partial charge in [0, 0.05) is 23.3 Å². The Morgan fingerprint density at radius 2 is 2.00 bits per heavy atom. The lowest BCUT2D eigenvalue weighted by Gasteiger charge is -2.16. The molecule has 1 aromatic carbocycles. The van der Waals surface area contributed by atoms with E-state index >= 15 is 0 Å². The molecule has 0 bridgehead atoms. The van der Waals surface area contributed by atoms with Crippen molar-refractivity contribution in [3.8, 4) is 0 Å². The van der Waals surface area contributed by atoms with Crippen LogP contribution in [0.3, 0.4) is 0 Å². The summed E-state index contributed by atoms with van der Waals surface area (Å²) >= 11 is 3.31. The summed E-state index contributed by atoms with van der Waals surface area (Å²) in [5.74, 6) is -0.216. The van der Waals surface area contributed by atoms with Crippen LogP contribution in [-0.2, 0) is 13.1 Å². The van der Waals surface area contributed by atoms with E-state index in [9.17, 15) is 4.39 Å². The van der Waals surface area contributed by atoms with E-state index in [1.807, 2.05) is 38.2 Å². The van der Waals surface area contributed by atoms with Crippen LogP contribution in [0.1, 0.15) is 17.0 Å². The number of nitrogens with zero attached hydrogens (tertiary/aromatic N) is 2. The molecule has 0 fully saturated rings. The molecule has 0 spiro atoms. The summed E-state index contributed by atoms with van der Waals surface area (Å²) < 4.78 is 14.1. The molecule has 0 N–H and O–H groups in total. The topological polar surface area (TPSA) is 16.1 Å². The van der Waals surface area contributed by atoms with Gasteiger partial charge in [-0.2, -0.15) is 0 Å². The summed E-state index contributed by atoms with van der Waals surface area (Å²) in [5, 5.41) is 0. The quantitative estimate of drug-likeness (QED) is 0.848. The molecule has 0 saturated heterocycles. The van der Waals surface area contributed by atoms with E-state index in [2.05, 4.69) is 25.8 Å². The highest BCUT2D eigenvalue weighted by Gasteiger charge is 2.05. The van der Waals surface area contributed by atoms with Gasteiger partial charge >= 0.3 is 0 Å². The molecule has 1 heterocycles. The predicted octanol–water partition coefficient (Wildman–Crippen LogP) is 3.92. The van der Waals surface area contributed by atoms with E-state index in [-0.39, 0.29) is 5.82 Å². The highest BCUT2D eigenvalue weighted by atomic mass is 79.9. The molecule has 19 heavy (non-hydrogen) atoms. The maximum atomic E-state index is 13.3. The number of pyridine rings is 1. The normalized spacial score (nSPS) is 11.0. The van der Waals surface area contributed by atoms with Crippen molar-refractivity contribution < 1.29 is 4.39 Å². The monoisotopic (exact) mass is 322 g/mol. The Bertz CT molecular complexity index is 552. The summed E-state index contributed by atoms with van der Waals surface area (Å²) in [6, 6.07) is 10.9. The minimum Gasteiger partial charge on any atom is -0.296 e. The molecule has 100 valence electrons.